The van der Waals surface area contributed by atoms with Crippen LogP contribution in [0.3, 0.4) is 0 Å². The highest BCUT2D eigenvalue weighted by Crippen LogP contribution is 2.08. The van der Waals surface area contributed by atoms with E-state index in [1.165, 1.54) is 30.4 Å². The third-order valence-corrected chi connectivity index (χ3v) is 3.19. The van der Waals surface area contributed by atoms with Crippen LogP contribution in [-0.4, -0.2) is 0 Å². The van der Waals surface area contributed by atoms with Crippen molar-refractivity contribution in [2.75, 3.05) is 11.5 Å². The van der Waals surface area contributed by atoms with Gasteiger partial charge in [-0.15, -0.1) is 0 Å². The molecule has 0 unspecified atom stereocenters. The van der Waals surface area contributed by atoms with Crippen LogP contribution in [0.4, 0.5) is 11.4 Å². The molecule has 0 aliphatic rings. The number of nitrogens with two attached hydrogens (primary N) is 2. The summed E-state index contributed by atoms with van der Waals surface area (Å²) in [5.74, 6) is 0. The van der Waals surface area contributed by atoms with Crippen molar-refractivity contribution in [2.45, 2.75) is 39.5 Å². The van der Waals surface area contributed by atoms with Crippen LogP contribution in [0.25, 0.3) is 0 Å². The maximum absolute atomic E-state index is 5.56. The Morgan fingerprint density at radius 3 is 1.55 bits per heavy atom. The minimum atomic E-state index is 0.840. The van der Waals surface area contributed by atoms with Gasteiger partial charge in [0.25, 0.3) is 0 Å². The van der Waals surface area contributed by atoms with Crippen molar-refractivity contribution in [3.05, 3.63) is 59.7 Å². The van der Waals surface area contributed by atoms with Crippen molar-refractivity contribution in [1.82, 2.24) is 0 Å². The first kappa shape index (κ1) is 16.1. The first-order valence-electron chi connectivity index (χ1n) is 7.34. The molecule has 20 heavy (non-hydrogen) atoms. The van der Waals surface area contributed by atoms with Crippen LogP contribution >= 0.6 is 0 Å². The number of anilines is 2. The van der Waals surface area contributed by atoms with Gasteiger partial charge in [-0.2, -0.15) is 0 Å². The molecule has 0 spiro atoms. The lowest BCUT2D eigenvalue weighted by atomic mass is 10.1. The second kappa shape index (κ2) is 9.03. The molecule has 0 aliphatic heterocycles. The van der Waals surface area contributed by atoms with Crippen molar-refractivity contribution in [2.24, 2.45) is 0 Å². The largest absolute Gasteiger partial charge is 0.399 e. The van der Waals surface area contributed by atoms with E-state index in [-0.39, 0.29) is 0 Å². The molecule has 4 N–H and O–H groups in total. The van der Waals surface area contributed by atoms with Crippen LogP contribution in [0.2, 0.25) is 0 Å². The predicted octanol–water partition coefficient (Wildman–Crippen LogP) is 4.44. The molecule has 0 bridgehead atoms. The van der Waals surface area contributed by atoms with Gasteiger partial charge in [0.05, 0.1) is 0 Å². The van der Waals surface area contributed by atoms with Crippen LogP contribution in [-0.2, 0) is 12.8 Å². The Balaban J connectivity index is 0.000000204. The van der Waals surface area contributed by atoms with Crippen molar-refractivity contribution in [3.63, 3.8) is 0 Å². The summed E-state index contributed by atoms with van der Waals surface area (Å²) in [6.07, 6.45) is 4.78. The summed E-state index contributed by atoms with van der Waals surface area (Å²) in [6, 6.07) is 16.1. The van der Waals surface area contributed by atoms with Crippen LogP contribution in [0.5, 0.6) is 0 Å². The quantitative estimate of drug-likeness (QED) is 0.807. The van der Waals surface area contributed by atoms with Crippen molar-refractivity contribution in [3.8, 4) is 0 Å². The minimum absolute atomic E-state index is 0.840. The number of hydrogen-bond acceptors (Lipinski definition) is 2. The molecule has 0 aromatic heterocycles. The molecule has 0 radical (unpaired) electrons. The van der Waals surface area contributed by atoms with Crippen LogP contribution < -0.4 is 11.5 Å². The molecule has 0 atom stereocenters. The Morgan fingerprint density at radius 2 is 1.15 bits per heavy atom. The summed E-state index contributed by atoms with van der Waals surface area (Å²) >= 11 is 0. The topological polar surface area (TPSA) is 52.0 Å². The molecule has 2 heteroatoms. The average Bonchev–Trinajstić information content (AvgIpc) is 2.48. The summed E-state index contributed by atoms with van der Waals surface area (Å²) in [4.78, 5) is 0. The third-order valence-electron chi connectivity index (χ3n) is 3.19. The van der Waals surface area contributed by atoms with E-state index in [2.05, 4.69) is 38.1 Å². The molecule has 2 aromatic rings. The molecule has 0 saturated carbocycles. The van der Waals surface area contributed by atoms with E-state index in [4.69, 9.17) is 11.5 Å². The van der Waals surface area contributed by atoms with Crippen molar-refractivity contribution >= 4 is 11.4 Å². The summed E-state index contributed by atoms with van der Waals surface area (Å²) in [7, 11) is 0. The van der Waals surface area contributed by atoms with Gasteiger partial charge in [-0.1, -0.05) is 44.5 Å². The number of benzene rings is 2. The molecular formula is C18H26N2. The van der Waals surface area contributed by atoms with Gasteiger partial charge in [-0.25, -0.2) is 0 Å². The molecular weight excluding hydrogens is 244 g/mol. The fourth-order valence-corrected chi connectivity index (χ4v) is 1.82. The predicted molar refractivity (Wildman–Crippen MR) is 89.7 cm³/mol. The molecule has 2 rings (SSSR count). The monoisotopic (exact) mass is 270 g/mol. The fourth-order valence-electron chi connectivity index (χ4n) is 1.82. The second-order valence-electron chi connectivity index (χ2n) is 4.94. The third kappa shape index (κ3) is 6.28. The van der Waals surface area contributed by atoms with Gasteiger partial charge < -0.3 is 11.5 Å². The second-order valence-corrected chi connectivity index (χ2v) is 4.94. The van der Waals surface area contributed by atoms with Gasteiger partial charge in [-0.3, -0.25) is 0 Å². The Kier molecular flexibility index (Phi) is 7.26. The molecule has 0 fully saturated rings. The number of aryl methyl sites for hydroxylation is 2. The summed E-state index contributed by atoms with van der Waals surface area (Å²) in [5, 5.41) is 0. The molecule has 0 heterocycles. The highest BCUT2D eigenvalue weighted by molar-refractivity contribution is 5.39. The zero-order chi connectivity index (χ0) is 14.8. The van der Waals surface area contributed by atoms with E-state index >= 15 is 0 Å². The van der Waals surface area contributed by atoms with E-state index in [1.807, 2.05) is 24.3 Å². The minimum Gasteiger partial charge on any atom is -0.399 e. The lowest BCUT2D eigenvalue weighted by Gasteiger charge is -1.99. The van der Waals surface area contributed by atoms with Crippen molar-refractivity contribution in [1.29, 1.82) is 0 Å². The Hall–Kier alpha value is -1.96. The van der Waals surface area contributed by atoms with Gasteiger partial charge in [0, 0.05) is 11.4 Å². The zero-order valence-corrected chi connectivity index (χ0v) is 12.6. The standard InChI is InChI=1S/C10H15N.C8H11N/c1-2-3-4-9-5-7-10(11)8-6-9;1-2-7-3-5-8(9)6-4-7/h5-8H,2-4,11H2,1H3;3-6H,2,9H2,1H3. The number of rotatable bonds is 4. The summed E-state index contributed by atoms with van der Waals surface area (Å²) in [6.45, 7) is 4.34. The molecule has 0 saturated heterocycles. The lowest BCUT2D eigenvalue weighted by molar-refractivity contribution is 0.795. The first-order valence-corrected chi connectivity index (χ1v) is 7.34. The fraction of sp³-hybridized carbons (Fsp3) is 0.333. The zero-order valence-electron chi connectivity index (χ0n) is 12.6. The van der Waals surface area contributed by atoms with E-state index in [1.54, 1.807) is 0 Å². The molecule has 2 aromatic carbocycles. The van der Waals surface area contributed by atoms with E-state index in [9.17, 15) is 0 Å². The first-order chi connectivity index (χ1) is 9.65. The van der Waals surface area contributed by atoms with Gasteiger partial charge in [0.2, 0.25) is 0 Å². The van der Waals surface area contributed by atoms with E-state index < -0.39 is 0 Å². The van der Waals surface area contributed by atoms with Gasteiger partial charge in [0.1, 0.15) is 0 Å². The van der Waals surface area contributed by atoms with Crippen LogP contribution in [0.1, 0.15) is 37.8 Å². The Labute approximate surface area is 122 Å². The lowest BCUT2D eigenvalue weighted by Crippen LogP contribution is -1.87. The molecule has 0 amide bonds. The number of unbranched alkanes of at least 4 members (excludes halogenated alkanes) is 1. The van der Waals surface area contributed by atoms with Crippen molar-refractivity contribution < 1.29 is 0 Å². The number of nitrogen functional groups attached to an aromatic ring is 2. The van der Waals surface area contributed by atoms with Crippen LogP contribution in [0.15, 0.2) is 48.5 Å². The van der Waals surface area contributed by atoms with Crippen LogP contribution in [0, 0.1) is 0 Å². The average molecular weight is 270 g/mol. The molecule has 108 valence electrons. The summed E-state index contributed by atoms with van der Waals surface area (Å²) < 4.78 is 0. The maximum Gasteiger partial charge on any atom is 0.0314 e. The molecule has 0 aliphatic carbocycles. The highest BCUT2D eigenvalue weighted by Gasteiger charge is 1.90. The van der Waals surface area contributed by atoms with Gasteiger partial charge >= 0.3 is 0 Å². The number of hydrogen-bond donors (Lipinski definition) is 2. The maximum atomic E-state index is 5.56. The SMILES string of the molecule is CCCCc1ccc(N)cc1.CCc1ccc(N)cc1. The Morgan fingerprint density at radius 1 is 0.700 bits per heavy atom. The van der Waals surface area contributed by atoms with E-state index in [0.29, 0.717) is 0 Å². The van der Waals surface area contributed by atoms with Gasteiger partial charge in [0.15, 0.2) is 0 Å². The normalized spacial score (nSPS) is 9.70. The smallest absolute Gasteiger partial charge is 0.0314 e. The van der Waals surface area contributed by atoms with Gasteiger partial charge in [-0.05, 0) is 54.7 Å². The summed E-state index contributed by atoms with van der Waals surface area (Å²) in [5.41, 5.74) is 15.5. The molecule has 2 nitrogen and oxygen atoms in total. The Bertz CT molecular complexity index is 472. The highest BCUT2D eigenvalue weighted by atomic mass is 14.5. The van der Waals surface area contributed by atoms with E-state index in [0.717, 1.165) is 17.8 Å².